The topological polar surface area (TPSA) is 4.44 Å². The first kappa shape index (κ1) is 33.0. The minimum absolute atomic E-state index is 1.06. The number of nitrogens with one attached hydrogen (secondary N) is 1. The van der Waals surface area contributed by atoms with Gasteiger partial charge in [-0.1, -0.05) is 168 Å². The van der Waals surface area contributed by atoms with E-state index in [-0.39, 0.29) is 0 Å². The molecule has 0 aliphatic carbocycles. The van der Waals surface area contributed by atoms with E-state index in [4.69, 9.17) is 0 Å². The number of hydrogen-bond acceptors (Lipinski definition) is 0. The van der Waals surface area contributed by atoms with Crippen molar-refractivity contribution in [3.8, 4) is 0 Å². The number of rotatable bonds is 27. The average molecular weight is 493 g/mol. The smallest absolute Gasteiger partial charge is 0.0773 e. The van der Waals surface area contributed by atoms with E-state index in [0.29, 0.717) is 0 Å². The van der Waals surface area contributed by atoms with Gasteiger partial charge in [0.05, 0.1) is 19.6 Å². The highest BCUT2D eigenvalue weighted by Gasteiger charge is 2.21. The molecule has 0 radical (unpaired) electrons. The average Bonchev–Trinajstić information content (AvgIpc) is 2.88. The molecule has 1 rings (SSSR count). The van der Waals surface area contributed by atoms with Crippen LogP contribution in [0, 0.1) is 5.92 Å². The monoisotopic (exact) mass is 493 g/mol. The van der Waals surface area contributed by atoms with E-state index in [1.165, 1.54) is 199 Å². The zero-order chi connectivity index (χ0) is 25.1. The highest BCUT2D eigenvalue weighted by atomic mass is 15.1. The Kier molecular flexibility index (Phi) is 25.5. The molecule has 0 aromatic carbocycles. The SMILES string of the molecule is CCCCCCCCCCCCCCCC1CC[NH+](CCCCCCCCCCCCCC)CC1. The zero-order valence-corrected chi connectivity index (χ0v) is 25.0. The molecule has 1 fully saturated rings. The largest absolute Gasteiger partial charge is 0.335 e. The summed E-state index contributed by atoms with van der Waals surface area (Å²) < 4.78 is 0. The fourth-order valence-corrected chi connectivity index (χ4v) is 6.29. The van der Waals surface area contributed by atoms with Crippen LogP contribution in [-0.2, 0) is 0 Å². The summed E-state index contributed by atoms with van der Waals surface area (Å²) in [5.74, 6) is 1.06. The maximum Gasteiger partial charge on any atom is 0.0773 e. The van der Waals surface area contributed by atoms with Crippen molar-refractivity contribution >= 4 is 0 Å². The second-order valence-electron chi connectivity index (χ2n) is 12.4. The summed E-state index contributed by atoms with van der Waals surface area (Å²) in [6.45, 7) is 9.03. The van der Waals surface area contributed by atoms with Crippen LogP contribution < -0.4 is 4.90 Å². The summed E-state index contributed by atoms with van der Waals surface area (Å²) in [4.78, 5) is 1.93. The summed E-state index contributed by atoms with van der Waals surface area (Å²) in [7, 11) is 0. The third-order valence-corrected chi connectivity index (χ3v) is 8.91. The molecule has 0 saturated carbocycles. The van der Waals surface area contributed by atoms with Gasteiger partial charge in [-0.05, 0) is 31.6 Å². The third-order valence-electron chi connectivity index (χ3n) is 8.91. The molecule has 1 N–H and O–H groups in total. The van der Waals surface area contributed by atoms with Crippen LogP contribution in [0.5, 0.6) is 0 Å². The molecule has 35 heavy (non-hydrogen) atoms. The maximum absolute atomic E-state index is 2.31. The number of hydrogen-bond donors (Lipinski definition) is 1. The normalized spacial score (nSPS) is 18.3. The van der Waals surface area contributed by atoms with Crippen molar-refractivity contribution in [3.63, 3.8) is 0 Å². The number of quaternary nitrogens is 1. The molecule has 0 atom stereocenters. The van der Waals surface area contributed by atoms with Gasteiger partial charge in [0.25, 0.3) is 0 Å². The molecule has 0 aromatic heterocycles. The van der Waals surface area contributed by atoms with Gasteiger partial charge >= 0.3 is 0 Å². The molecule has 1 nitrogen and oxygen atoms in total. The summed E-state index contributed by atoms with van der Waals surface area (Å²) >= 11 is 0. The van der Waals surface area contributed by atoms with Crippen LogP contribution in [-0.4, -0.2) is 19.6 Å². The van der Waals surface area contributed by atoms with Crippen molar-refractivity contribution in [2.75, 3.05) is 19.6 Å². The van der Waals surface area contributed by atoms with Crippen molar-refractivity contribution in [1.29, 1.82) is 0 Å². The van der Waals surface area contributed by atoms with Gasteiger partial charge in [0.2, 0.25) is 0 Å². The highest BCUT2D eigenvalue weighted by molar-refractivity contribution is 4.63. The van der Waals surface area contributed by atoms with Gasteiger partial charge < -0.3 is 4.90 Å². The summed E-state index contributed by atoms with van der Waals surface area (Å²) in [6.07, 6.45) is 41.5. The van der Waals surface area contributed by atoms with Crippen LogP contribution >= 0.6 is 0 Å². The second-order valence-corrected chi connectivity index (χ2v) is 12.4. The fraction of sp³-hybridized carbons (Fsp3) is 1.00. The molecule has 1 heterocycles. The number of piperidine rings is 1. The Morgan fingerprint density at radius 3 is 1.09 bits per heavy atom. The van der Waals surface area contributed by atoms with E-state index in [1.54, 1.807) is 0 Å². The van der Waals surface area contributed by atoms with Crippen LogP contribution in [0.2, 0.25) is 0 Å². The summed E-state index contributed by atoms with van der Waals surface area (Å²) in [5, 5.41) is 0. The molecule has 0 spiro atoms. The lowest BCUT2D eigenvalue weighted by atomic mass is 9.91. The molecule has 1 aliphatic rings. The molecule has 210 valence electrons. The Labute approximate surface area is 224 Å². The molecule has 0 amide bonds. The molecule has 0 aromatic rings. The fourth-order valence-electron chi connectivity index (χ4n) is 6.29. The van der Waals surface area contributed by atoms with Gasteiger partial charge in [-0.2, -0.15) is 0 Å². The van der Waals surface area contributed by atoms with Crippen LogP contribution in [0.15, 0.2) is 0 Å². The van der Waals surface area contributed by atoms with Gasteiger partial charge in [0.1, 0.15) is 0 Å². The zero-order valence-electron chi connectivity index (χ0n) is 25.0. The number of unbranched alkanes of at least 4 members (excludes halogenated alkanes) is 23. The van der Waals surface area contributed by atoms with Crippen molar-refractivity contribution < 1.29 is 4.90 Å². The summed E-state index contributed by atoms with van der Waals surface area (Å²) in [6, 6.07) is 0. The summed E-state index contributed by atoms with van der Waals surface area (Å²) in [5.41, 5.74) is 0. The van der Waals surface area contributed by atoms with Crippen LogP contribution in [0.4, 0.5) is 0 Å². The lowest BCUT2D eigenvalue weighted by Crippen LogP contribution is -3.13. The molecule has 0 unspecified atom stereocenters. The van der Waals surface area contributed by atoms with E-state index in [1.807, 2.05) is 4.90 Å². The van der Waals surface area contributed by atoms with E-state index < -0.39 is 0 Å². The Morgan fingerprint density at radius 2 is 0.714 bits per heavy atom. The van der Waals surface area contributed by atoms with Crippen LogP contribution in [0.3, 0.4) is 0 Å². The quantitative estimate of drug-likeness (QED) is 0.109. The maximum atomic E-state index is 2.31. The van der Waals surface area contributed by atoms with Gasteiger partial charge in [0, 0.05) is 0 Å². The van der Waals surface area contributed by atoms with E-state index in [0.717, 1.165) is 5.92 Å². The third kappa shape index (κ3) is 22.9. The van der Waals surface area contributed by atoms with E-state index in [9.17, 15) is 0 Å². The van der Waals surface area contributed by atoms with Gasteiger partial charge in [-0.15, -0.1) is 0 Å². The van der Waals surface area contributed by atoms with E-state index in [2.05, 4.69) is 13.8 Å². The molecule has 1 aliphatic heterocycles. The van der Waals surface area contributed by atoms with Crippen molar-refractivity contribution in [1.82, 2.24) is 0 Å². The van der Waals surface area contributed by atoms with E-state index >= 15 is 0 Å². The lowest BCUT2D eigenvalue weighted by Gasteiger charge is -2.29. The Morgan fingerprint density at radius 1 is 0.400 bits per heavy atom. The lowest BCUT2D eigenvalue weighted by molar-refractivity contribution is -0.906. The highest BCUT2D eigenvalue weighted by Crippen LogP contribution is 2.19. The van der Waals surface area contributed by atoms with Gasteiger partial charge in [0.15, 0.2) is 0 Å². The molecular weight excluding hydrogens is 422 g/mol. The Balaban J connectivity index is 1.76. The first-order valence-corrected chi connectivity index (χ1v) is 17.2. The predicted octanol–water partition coefficient (Wildman–Crippen LogP) is 10.5. The minimum Gasteiger partial charge on any atom is -0.335 e. The molecule has 1 saturated heterocycles. The Bertz CT molecular complexity index is 384. The van der Waals surface area contributed by atoms with Gasteiger partial charge in [-0.25, -0.2) is 0 Å². The Hall–Kier alpha value is -0.0400. The number of likely N-dealkylation sites (tertiary alicyclic amines) is 1. The van der Waals surface area contributed by atoms with Crippen LogP contribution in [0.25, 0.3) is 0 Å². The van der Waals surface area contributed by atoms with Crippen molar-refractivity contribution in [3.05, 3.63) is 0 Å². The van der Waals surface area contributed by atoms with Crippen molar-refractivity contribution in [2.24, 2.45) is 5.92 Å². The minimum atomic E-state index is 1.06. The second kappa shape index (κ2) is 27.0. The molecular formula is C34H70N+. The first-order chi connectivity index (χ1) is 17.4. The standard InChI is InChI=1S/C34H69N/c1-3-5-7-9-11-13-15-17-18-20-22-24-26-28-34-29-32-35(33-30-34)31-27-25-23-21-19-16-14-12-10-8-6-4-2/h34H,3-33H2,1-2H3/p+1. The first-order valence-electron chi connectivity index (χ1n) is 17.2. The van der Waals surface area contributed by atoms with Crippen molar-refractivity contribution in [2.45, 2.75) is 194 Å². The molecule has 1 heteroatoms. The van der Waals surface area contributed by atoms with Crippen LogP contribution in [0.1, 0.15) is 194 Å². The predicted molar refractivity (Wildman–Crippen MR) is 160 cm³/mol. The van der Waals surface area contributed by atoms with Gasteiger partial charge in [-0.3, -0.25) is 0 Å². The molecule has 0 bridgehead atoms.